The predicted octanol–water partition coefficient (Wildman–Crippen LogP) is 4.46. The molecule has 1 N–H and O–H groups in total. The fourth-order valence-electron chi connectivity index (χ4n) is 2.64. The highest BCUT2D eigenvalue weighted by atomic mass is 32.2. The Labute approximate surface area is 130 Å². The van der Waals surface area contributed by atoms with Crippen molar-refractivity contribution in [1.82, 2.24) is 0 Å². The summed E-state index contributed by atoms with van der Waals surface area (Å²) in [6, 6.07) is 16.5. The number of benzene rings is 2. The van der Waals surface area contributed by atoms with Crippen LogP contribution in [-0.4, -0.2) is 12.2 Å². The summed E-state index contributed by atoms with van der Waals surface area (Å²) in [5.74, 6) is 0.644. The van der Waals surface area contributed by atoms with Gasteiger partial charge in [-0.2, -0.15) is 0 Å². The number of aryl methyl sites for hydroxylation is 1. The molecule has 2 aromatic rings. The van der Waals surface area contributed by atoms with Gasteiger partial charge in [-0.3, -0.25) is 4.79 Å². The number of nitrogens with one attached hydrogen (secondary N) is 1. The molecule has 108 valence electrons. The number of hydrogen-bond donors (Lipinski definition) is 1. The van der Waals surface area contributed by atoms with E-state index in [9.17, 15) is 4.79 Å². The first-order valence-electron chi connectivity index (χ1n) is 7.19. The maximum Gasteiger partial charge on any atom is 0.228 e. The van der Waals surface area contributed by atoms with Crippen LogP contribution in [-0.2, 0) is 4.79 Å². The van der Waals surface area contributed by atoms with E-state index in [0.29, 0.717) is 5.92 Å². The van der Waals surface area contributed by atoms with E-state index >= 15 is 0 Å². The van der Waals surface area contributed by atoms with Crippen molar-refractivity contribution in [2.75, 3.05) is 11.6 Å². The molecular formula is C18H19NOS. The Kier molecular flexibility index (Phi) is 4.02. The molecule has 2 atom stereocenters. The van der Waals surface area contributed by atoms with Gasteiger partial charge < -0.3 is 5.32 Å². The van der Waals surface area contributed by atoms with Crippen LogP contribution >= 0.6 is 11.8 Å². The van der Waals surface area contributed by atoms with E-state index in [1.54, 1.807) is 11.8 Å². The first-order chi connectivity index (χ1) is 10.2. The molecule has 1 aliphatic rings. The highest BCUT2D eigenvalue weighted by Crippen LogP contribution is 2.48. The van der Waals surface area contributed by atoms with Gasteiger partial charge in [0.15, 0.2) is 0 Å². The molecule has 1 saturated carbocycles. The maximum absolute atomic E-state index is 12.4. The largest absolute Gasteiger partial charge is 0.326 e. The predicted molar refractivity (Wildman–Crippen MR) is 88.9 cm³/mol. The molecule has 1 amide bonds. The van der Waals surface area contributed by atoms with E-state index in [1.165, 1.54) is 10.5 Å². The third-order valence-electron chi connectivity index (χ3n) is 4.06. The highest BCUT2D eigenvalue weighted by Gasteiger charge is 2.43. The van der Waals surface area contributed by atoms with Crippen molar-refractivity contribution in [3.63, 3.8) is 0 Å². The standard InChI is InChI=1S/C18H19NOS/c1-12-8-9-14(21-2)10-17(12)19-18(20)16-11-15(16)13-6-4-3-5-7-13/h3-10,15-16H,11H2,1-2H3,(H,19,20)/t15-,16+/m1/s1. The quantitative estimate of drug-likeness (QED) is 0.844. The average Bonchev–Trinajstić information content (AvgIpc) is 3.31. The van der Waals surface area contributed by atoms with Crippen molar-refractivity contribution in [1.29, 1.82) is 0 Å². The van der Waals surface area contributed by atoms with Crippen LogP contribution in [0.25, 0.3) is 0 Å². The Morgan fingerprint density at radius 1 is 1.19 bits per heavy atom. The van der Waals surface area contributed by atoms with Crippen LogP contribution < -0.4 is 5.32 Å². The van der Waals surface area contributed by atoms with Gasteiger partial charge >= 0.3 is 0 Å². The summed E-state index contributed by atoms with van der Waals surface area (Å²) in [5, 5.41) is 3.09. The molecule has 0 heterocycles. The molecule has 1 fully saturated rings. The molecule has 0 spiro atoms. The van der Waals surface area contributed by atoms with Gasteiger partial charge in [0.2, 0.25) is 5.91 Å². The fourth-order valence-corrected chi connectivity index (χ4v) is 3.08. The molecule has 21 heavy (non-hydrogen) atoms. The van der Waals surface area contributed by atoms with Gasteiger partial charge in [0, 0.05) is 16.5 Å². The zero-order chi connectivity index (χ0) is 14.8. The number of carbonyl (C=O) groups is 1. The second kappa shape index (κ2) is 5.94. The number of amides is 1. The summed E-state index contributed by atoms with van der Waals surface area (Å²) in [5.41, 5.74) is 3.32. The first kappa shape index (κ1) is 14.2. The molecule has 0 aliphatic heterocycles. The van der Waals surface area contributed by atoms with Crippen LogP contribution in [0.2, 0.25) is 0 Å². The van der Waals surface area contributed by atoms with Gasteiger partial charge in [0.25, 0.3) is 0 Å². The molecule has 2 nitrogen and oxygen atoms in total. The number of anilines is 1. The molecule has 0 bridgehead atoms. The third kappa shape index (κ3) is 3.13. The minimum Gasteiger partial charge on any atom is -0.326 e. The minimum absolute atomic E-state index is 0.115. The number of thioether (sulfide) groups is 1. The third-order valence-corrected chi connectivity index (χ3v) is 4.78. The molecule has 0 aromatic heterocycles. The summed E-state index contributed by atoms with van der Waals surface area (Å²) in [6.45, 7) is 2.03. The SMILES string of the molecule is CSc1ccc(C)c(NC(=O)[C@H]2C[C@@H]2c2ccccc2)c1. The fraction of sp³-hybridized carbons (Fsp3) is 0.278. The van der Waals surface area contributed by atoms with Gasteiger partial charge in [-0.25, -0.2) is 0 Å². The first-order valence-corrected chi connectivity index (χ1v) is 8.42. The number of carbonyl (C=O) groups excluding carboxylic acids is 1. The van der Waals surface area contributed by atoms with E-state index in [2.05, 4.69) is 35.6 Å². The minimum atomic E-state index is 0.115. The Balaban J connectivity index is 1.68. The lowest BCUT2D eigenvalue weighted by Crippen LogP contribution is -2.15. The van der Waals surface area contributed by atoms with Crippen molar-refractivity contribution < 1.29 is 4.79 Å². The van der Waals surface area contributed by atoms with E-state index in [1.807, 2.05) is 31.4 Å². The molecule has 3 heteroatoms. The van der Waals surface area contributed by atoms with Crippen molar-refractivity contribution in [2.45, 2.75) is 24.2 Å². The second-order valence-electron chi connectivity index (χ2n) is 5.53. The summed E-state index contributed by atoms with van der Waals surface area (Å²) >= 11 is 1.69. The molecule has 2 aromatic carbocycles. The summed E-state index contributed by atoms with van der Waals surface area (Å²) < 4.78 is 0. The number of rotatable bonds is 4. The van der Waals surface area contributed by atoms with E-state index in [4.69, 9.17) is 0 Å². The summed E-state index contributed by atoms with van der Waals surface area (Å²) in [6.07, 6.45) is 3.00. The van der Waals surface area contributed by atoms with Crippen LogP contribution in [0.4, 0.5) is 5.69 Å². The van der Waals surface area contributed by atoms with Gasteiger partial charge in [0.1, 0.15) is 0 Å². The van der Waals surface area contributed by atoms with Crippen LogP contribution in [0.15, 0.2) is 53.4 Å². The molecular weight excluding hydrogens is 278 g/mol. The van der Waals surface area contributed by atoms with Crippen molar-refractivity contribution in [3.8, 4) is 0 Å². The van der Waals surface area contributed by atoms with E-state index < -0.39 is 0 Å². The van der Waals surface area contributed by atoms with E-state index in [0.717, 1.165) is 17.7 Å². The highest BCUT2D eigenvalue weighted by molar-refractivity contribution is 7.98. The van der Waals surface area contributed by atoms with Crippen molar-refractivity contribution in [2.24, 2.45) is 5.92 Å². The molecule has 3 rings (SSSR count). The van der Waals surface area contributed by atoms with Gasteiger partial charge in [-0.1, -0.05) is 36.4 Å². The zero-order valence-corrected chi connectivity index (χ0v) is 13.1. The lowest BCUT2D eigenvalue weighted by atomic mass is 10.1. The maximum atomic E-state index is 12.4. The van der Waals surface area contributed by atoms with Crippen LogP contribution in [0.1, 0.15) is 23.5 Å². The van der Waals surface area contributed by atoms with Gasteiger partial charge in [-0.15, -0.1) is 11.8 Å². The second-order valence-corrected chi connectivity index (χ2v) is 6.41. The van der Waals surface area contributed by atoms with Gasteiger partial charge in [0.05, 0.1) is 0 Å². The Hall–Kier alpha value is -1.74. The van der Waals surface area contributed by atoms with Crippen LogP contribution in [0.3, 0.4) is 0 Å². The van der Waals surface area contributed by atoms with Gasteiger partial charge in [-0.05, 0) is 48.8 Å². The van der Waals surface area contributed by atoms with Crippen molar-refractivity contribution >= 4 is 23.4 Å². The number of hydrogen-bond acceptors (Lipinski definition) is 2. The van der Waals surface area contributed by atoms with Crippen LogP contribution in [0.5, 0.6) is 0 Å². The zero-order valence-electron chi connectivity index (χ0n) is 12.3. The Morgan fingerprint density at radius 2 is 1.95 bits per heavy atom. The molecule has 1 aliphatic carbocycles. The molecule has 0 unspecified atom stereocenters. The molecule has 0 radical (unpaired) electrons. The van der Waals surface area contributed by atoms with E-state index in [-0.39, 0.29) is 11.8 Å². The Morgan fingerprint density at radius 3 is 2.67 bits per heavy atom. The topological polar surface area (TPSA) is 29.1 Å². The van der Waals surface area contributed by atoms with Crippen molar-refractivity contribution in [3.05, 3.63) is 59.7 Å². The summed E-state index contributed by atoms with van der Waals surface area (Å²) in [7, 11) is 0. The normalized spacial score (nSPS) is 20.1. The Bertz CT molecular complexity index is 654. The average molecular weight is 297 g/mol. The summed E-state index contributed by atoms with van der Waals surface area (Å²) in [4.78, 5) is 13.6. The molecule has 0 saturated heterocycles. The lowest BCUT2D eigenvalue weighted by Gasteiger charge is -2.10. The monoisotopic (exact) mass is 297 g/mol. The van der Waals surface area contributed by atoms with Crippen LogP contribution in [0, 0.1) is 12.8 Å². The lowest BCUT2D eigenvalue weighted by molar-refractivity contribution is -0.117. The smallest absolute Gasteiger partial charge is 0.228 e.